The van der Waals surface area contributed by atoms with Crippen LogP contribution in [0.2, 0.25) is 0 Å². The van der Waals surface area contributed by atoms with E-state index in [1.807, 2.05) is 31.2 Å². The van der Waals surface area contributed by atoms with Crippen LogP contribution in [0.15, 0.2) is 52.7 Å². The van der Waals surface area contributed by atoms with Crippen LogP contribution in [-0.4, -0.2) is 29.5 Å². The molecule has 3 unspecified atom stereocenters. The van der Waals surface area contributed by atoms with E-state index in [9.17, 15) is 14.4 Å². The van der Waals surface area contributed by atoms with Crippen LogP contribution < -0.4 is 5.32 Å². The number of esters is 1. The Balaban J connectivity index is 1.58. The number of aliphatic imine (C=N–C) groups is 1. The first kappa shape index (κ1) is 27.0. The van der Waals surface area contributed by atoms with Gasteiger partial charge in [-0.2, -0.15) is 0 Å². The lowest BCUT2D eigenvalue weighted by Crippen LogP contribution is -2.39. The van der Waals surface area contributed by atoms with Gasteiger partial charge in [0.2, 0.25) is 5.91 Å². The SMILES string of the molecule is CC(=O)Nc1cccc(C2C3=C(CC(c4c(C)cc(C)cc4C)CC3=O)N=C(C)C2C(=O)OC2CCCC2)c1. The van der Waals surface area contributed by atoms with E-state index in [1.54, 1.807) is 0 Å². The van der Waals surface area contributed by atoms with Gasteiger partial charge in [0.15, 0.2) is 5.78 Å². The summed E-state index contributed by atoms with van der Waals surface area (Å²) in [6, 6.07) is 11.8. The molecular weight excluding hydrogens is 488 g/mol. The molecule has 2 aromatic rings. The summed E-state index contributed by atoms with van der Waals surface area (Å²) in [6.07, 6.45) is 4.82. The summed E-state index contributed by atoms with van der Waals surface area (Å²) < 4.78 is 5.99. The summed E-state index contributed by atoms with van der Waals surface area (Å²) in [4.78, 5) is 44.4. The molecule has 5 rings (SSSR count). The minimum absolute atomic E-state index is 0.0328. The van der Waals surface area contributed by atoms with Crippen LogP contribution in [0.25, 0.3) is 0 Å². The summed E-state index contributed by atoms with van der Waals surface area (Å²) in [6.45, 7) is 9.67. The lowest BCUT2D eigenvalue weighted by atomic mass is 9.68. The number of amides is 1. The Morgan fingerprint density at radius 3 is 2.33 bits per heavy atom. The van der Waals surface area contributed by atoms with Crippen LogP contribution >= 0.6 is 0 Å². The first-order valence-corrected chi connectivity index (χ1v) is 14.1. The van der Waals surface area contributed by atoms with Crippen LogP contribution in [0.1, 0.15) is 92.0 Å². The van der Waals surface area contributed by atoms with Crippen LogP contribution in [0.5, 0.6) is 0 Å². The molecule has 6 nitrogen and oxygen atoms in total. The first-order chi connectivity index (χ1) is 18.6. The largest absolute Gasteiger partial charge is 0.462 e. The molecule has 3 aliphatic rings. The van der Waals surface area contributed by atoms with Crippen molar-refractivity contribution in [2.45, 2.75) is 91.1 Å². The smallest absolute Gasteiger partial charge is 0.315 e. The number of carbonyl (C=O) groups is 3. The lowest BCUT2D eigenvalue weighted by Gasteiger charge is -2.37. The molecule has 1 aliphatic heterocycles. The Morgan fingerprint density at radius 1 is 0.974 bits per heavy atom. The van der Waals surface area contributed by atoms with Crippen molar-refractivity contribution >= 4 is 29.1 Å². The fourth-order valence-electron chi connectivity index (χ4n) is 7.02. The third-order valence-corrected chi connectivity index (χ3v) is 8.44. The zero-order chi connectivity index (χ0) is 27.8. The number of anilines is 1. The molecule has 1 amide bonds. The van der Waals surface area contributed by atoms with Crippen molar-refractivity contribution in [1.29, 1.82) is 0 Å². The molecule has 0 aromatic heterocycles. The van der Waals surface area contributed by atoms with Crippen molar-refractivity contribution < 1.29 is 19.1 Å². The van der Waals surface area contributed by atoms with E-state index in [1.165, 1.54) is 29.2 Å². The number of ketones is 1. The number of hydrogen-bond donors (Lipinski definition) is 1. The van der Waals surface area contributed by atoms with Crippen LogP contribution in [0.4, 0.5) is 5.69 Å². The fourth-order valence-corrected chi connectivity index (χ4v) is 7.02. The zero-order valence-electron chi connectivity index (χ0n) is 23.6. The quantitative estimate of drug-likeness (QED) is 0.443. The Morgan fingerprint density at radius 2 is 1.67 bits per heavy atom. The van der Waals surface area contributed by atoms with E-state index in [-0.39, 0.29) is 29.7 Å². The number of nitrogens with one attached hydrogen (secondary N) is 1. The van der Waals surface area contributed by atoms with E-state index in [4.69, 9.17) is 9.73 Å². The molecule has 0 bridgehead atoms. The van der Waals surface area contributed by atoms with Gasteiger partial charge in [0.05, 0.1) is 0 Å². The highest BCUT2D eigenvalue weighted by Gasteiger charge is 2.45. The van der Waals surface area contributed by atoms with Gasteiger partial charge in [-0.15, -0.1) is 0 Å². The van der Waals surface area contributed by atoms with Gasteiger partial charge in [-0.3, -0.25) is 19.4 Å². The van der Waals surface area contributed by atoms with Gasteiger partial charge in [-0.1, -0.05) is 29.8 Å². The van der Waals surface area contributed by atoms with Gasteiger partial charge in [-0.05, 0) is 100 Å². The van der Waals surface area contributed by atoms with E-state index in [0.29, 0.717) is 29.8 Å². The molecule has 0 radical (unpaired) electrons. The van der Waals surface area contributed by atoms with Gasteiger partial charge >= 0.3 is 5.97 Å². The maximum Gasteiger partial charge on any atom is 0.315 e. The first-order valence-electron chi connectivity index (χ1n) is 14.1. The van der Waals surface area contributed by atoms with Gasteiger partial charge < -0.3 is 10.1 Å². The van der Waals surface area contributed by atoms with Gasteiger partial charge in [0.25, 0.3) is 0 Å². The molecule has 3 atom stereocenters. The number of allylic oxidation sites excluding steroid dienone is 2. The van der Waals surface area contributed by atoms with Crippen molar-refractivity contribution in [1.82, 2.24) is 0 Å². The molecule has 1 fully saturated rings. The second-order valence-electron chi connectivity index (χ2n) is 11.6. The number of aryl methyl sites for hydroxylation is 3. The predicted molar refractivity (Wildman–Crippen MR) is 153 cm³/mol. The number of ether oxygens (including phenoxy) is 1. The van der Waals surface area contributed by atoms with E-state index in [0.717, 1.165) is 36.9 Å². The molecular formula is C33H38N2O4. The molecule has 1 heterocycles. The summed E-state index contributed by atoms with van der Waals surface area (Å²) in [5, 5.41) is 2.84. The van der Waals surface area contributed by atoms with E-state index < -0.39 is 11.8 Å². The number of carbonyl (C=O) groups excluding carboxylic acids is 3. The Bertz CT molecular complexity index is 1370. The molecule has 1 N–H and O–H groups in total. The molecule has 2 aromatic carbocycles. The van der Waals surface area contributed by atoms with E-state index >= 15 is 0 Å². The van der Waals surface area contributed by atoms with Crippen molar-refractivity contribution in [2.75, 3.05) is 5.32 Å². The normalized spacial score (nSPS) is 23.4. The monoisotopic (exact) mass is 526 g/mol. The van der Waals surface area contributed by atoms with Crippen molar-refractivity contribution in [3.8, 4) is 0 Å². The third kappa shape index (κ3) is 5.47. The predicted octanol–water partition coefficient (Wildman–Crippen LogP) is 6.63. The second kappa shape index (κ2) is 10.9. The molecule has 204 valence electrons. The summed E-state index contributed by atoms with van der Waals surface area (Å²) in [5.74, 6) is -1.60. The molecule has 6 heteroatoms. The van der Waals surface area contributed by atoms with E-state index in [2.05, 4.69) is 38.2 Å². The van der Waals surface area contributed by atoms with Gasteiger partial charge in [-0.25, -0.2) is 0 Å². The van der Waals surface area contributed by atoms with Gasteiger partial charge in [0.1, 0.15) is 12.0 Å². The zero-order valence-corrected chi connectivity index (χ0v) is 23.6. The highest BCUT2D eigenvalue weighted by molar-refractivity contribution is 6.09. The number of rotatable bonds is 5. The number of benzene rings is 2. The molecule has 0 saturated heterocycles. The maximum absolute atomic E-state index is 14.0. The van der Waals surface area contributed by atoms with Crippen molar-refractivity contribution in [3.05, 3.63) is 75.5 Å². The van der Waals surface area contributed by atoms with Crippen LogP contribution in [-0.2, 0) is 19.1 Å². The summed E-state index contributed by atoms with van der Waals surface area (Å²) in [5.41, 5.74) is 8.35. The minimum atomic E-state index is -0.680. The van der Waals surface area contributed by atoms with Crippen LogP contribution in [0, 0.1) is 26.7 Å². The average Bonchev–Trinajstić information content (AvgIpc) is 3.35. The fraction of sp³-hybridized carbons (Fsp3) is 0.455. The Kier molecular flexibility index (Phi) is 7.57. The number of nitrogens with zero attached hydrogens (tertiary/aromatic N) is 1. The van der Waals surface area contributed by atoms with Gasteiger partial charge in [0, 0.05) is 41.9 Å². The lowest BCUT2D eigenvalue weighted by molar-refractivity contribution is -0.151. The second-order valence-corrected chi connectivity index (χ2v) is 11.6. The standard InChI is InChI=1S/C33H38N2O4/c1-18-13-19(2)29(20(3)14-18)24-16-27-32(28(37)17-24)31(23-9-8-10-25(15-23)35-22(5)36)30(21(4)34-27)33(38)39-26-11-6-7-12-26/h8-10,13-15,24,26,30-31H,6-7,11-12,16-17H2,1-5H3,(H,35,36). The van der Waals surface area contributed by atoms with Crippen molar-refractivity contribution in [3.63, 3.8) is 0 Å². The Hall–Kier alpha value is -3.54. The highest BCUT2D eigenvalue weighted by Crippen LogP contribution is 2.48. The maximum atomic E-state index is 14.0. The third-order valence-electron chi connectivity index (χ3n) is 8.44. The Labute approximate surface area is 230 Å². The highest BCUT2D eigenvalue weighted by atomic mass is 16.5. The topological polar surface area (TPSA) is 84.8 Å². The minimum Gasteiger partial charge on any atom is -0.462 e. The molecule has 2 aliphatic carbocycles. The number of hydrogen-bond acceptors (Lipinski definition) is 5. The summed E-state index contributed by atoms with van der Waals surface area (Å²) in [7, 11) is 0. The van der Waals surface area contributed by atoms with Crippen LogP contribution in [0.3, 0.4) is 0 Å². The number of Topliss-reactive ketones (excluding diaryl/α,β-unsaturated/α-hetero) is 1. The van der Waals surface area contributed by atoms with Crippen molar-refractivity contribution in [2.24, 2.45) is 10.9 Å². The summed E-state index contributed by atoms with van der Waals surface area (Å²) >= 11 is 0. The molecule has 39 heavy (non-hydrogen) atoms. The average molecular weight is 527 g/mol. The molecule has 0 spiro atoms. The molecule has 1 saturated carbocycles.